The molecule has 112 valence electrons. The van der Waals surface area contributed by atoms with Crippen molar-refractivity contribution in [1.82, 2.24) is 25.9 Å². The van der Waals surface area contributed by atoms with E-state index in [9.17, 15) is 4.79 Å². The third-order valence-electron chi connectivity index (χ3n) is 3.29. The highest BCUT2D eigenvalue weighted by Gasteiger charge is 2.26. The second kappa shape index (κ2) is 6.67. The molecule has 21 heavy (non-hydrogen) atoms. The van der Waals surface area contributed by atoms with Gasteiger partial charge in [-0.15, -0.1) is 10.2 Å². The summed E-state index contributed by atoms with van der Waals surface area (Å²) in [6, 6.07) is 7.05. The van der Waals surface area contributed by atoms with E-state index >= 15 is 0 Å². The molecule has 6 nitrogen and oxygen atoms in total. The maximum absolute atomic E-state index is 12.5. The van der Waals surface area contributed by atoms with Crippen molar-refractivity contribution in [2.24, 2.45) is 5.92 Å². The smallest absolute Gasteiger partial charge is 0.228 e. The summed E-state index contributed by atoms with van der Waals surface area (Å²) in [5, 5.41) is 17.2. The number of hydrogen-bond acceptors (Lipinski definition) is 4. The molecule has 0 bridgehead atoms. The first-order valence-corrected chi connectivity index (χ1v) is 7.16. The topological polar surface area (TPSA) is 83.6 Å². The van der Waals surface area contributed by atoms with Crippen LogP contribution < -0.4 is 5.32 Å². The number of aromatic nitrogens is 4. The fraction of sp³-hybridized carbons (Fsp3) is 0.429. The average molecular weight is 308 g/mol. The van der Waals surface area contributed by atoms with Crippen LogP contribution in [0.5, 0.6) is 0 Å². The van der Waals surface area contributed by atoms with Gasteiger partial charge in [0.25, 0.3) is 0 Å². The summed E-state index contributed by atoms with van der Waals surface area (Å²) < 4.78 is 0. The average Bonchev–Trinajstić information content (AvgIpc) is 2.95. The van der Waals surface area contributed by atoms with Gasteiger partial charge in [0.15, 0.2) is 5.82 Å². The van der Waals surface area contributed by atoms with Crippen LogP contribution in [0.25, 0.3) is 0 Å². The molecule has 1 amide bonds. The Hall–Kier alpha value is -1.95. The van der Waals surface area contributed by atoms with E-state index in [1.54, 1.807) is 12.1 Å². The van der Waals surface area contributed by atoms with E-state index < -0.39 is 0 Å². The summed E-state index contributed by atoms with van der Waals surface area (Å²) in [5.74, 6) is 0.298. The predicted octanol–water partition coefficient (Wildman–Crippen LogP) is 2.47. The highest BCUT2D eigenvalue weighted by molar-refractivity contribution is 6.30. The van der Waals surface area contributed by atoms with Crippen LogP contribution in [-0.2, 0) is 4.79 Å². The summed E-state index contributed by atoms with van der Waals surface area (Å²) in [4.78, 5) is 12.5. The largest absolute Gasteiger partial charge is 0.346 e. The fourth-order valence-electron chi connectivity index (χ4n) is 2.23. The summed E-state index contributed by atoms with van der Waals surface area (Å²) in [6.07, 6.45) is 0. The minimum absolute atomic E-state index is 0.0652. The molecule has 0 aliphatic rings. The molecule has 0 spiro atoms. The van der Waals surface area contributed by atoms with Crippen molar-refractivity contribution in [3.63, 3.8) is 0 Å². The number of nitrogens with zero attached hydrogens (tertiary/aromatic N) is 3. The summed E-state index contributed by atoms with van der Waals surface area (Å²) in [7, 11) is 0. The number of nitrogens with one attached hydrogen (secondary N) is 2. The number of rotatable bonds is 5. The van der Waals surface area contributed by atoms with Crippen LogP contribution in [-0.4, -0.2) is 26.5 Å². The van der Waals surface area contributed by atoms with Crippen molar-refractivity contribution in [3.05, 3.63) is 40.7 Å². The monoisotopic (exact) mass is 307 g/mol. The summed E-state index contributed by atoms with van der Waals surface area (Å²) >= 11 is 5.90. The van der Waals surface area contributed by atoms with Gasteiger partial charge in [-0.2, -0.15) is 5.21 Å². The van der Waals surface area contributed by atoms with Crippen LogP contribution in [0.15, 0.2) is 24.3 Å². The van der Waals surface area contributed by atoms with Gasteiger partial charge in [-0.3, -0.25) is 4.79 Å². The van der Waals surface area contributed by atoms with E-state index in [1.807, 2.05) is 32.9 Å². The van der Waals surface area contributed by atoms with Gasteiger partial charge in [0.05, 0.1) is 12.0 Å². The second-order valence-electron chi connectivity index (χ2n) is 5.27. The Labute approximate surface area is 128 Å². The zero-order valence-corrected chi connectivity index (χ0v) is 12.9. The summed E-state index contributed by atoms with van der Waals surface area (Å²) in [5.41, 5.74) is 0.937. The number of hydrogen-bond donors (Lipinski definition) is 2. The lowest BCUT2D eigenvalue weighted by atomic mass is 9.87. The number of aromatic amines is 1. The maximum atomic E-state index is 12.5. The first kappa shape index (κ1) is 15.4. The van der Waals surface area contributed by atoms with Crippen molar-refractivity contribution in [1.29, 1.82) is 0 Å². The van der Waals surface area contributed by atoms with Crippen molar-refractivity contribution >= 4 is 17.5 Å². The van der Waals surface area contributed by atoms with E-state index in [0.29, 0.717) is 10.8 Å². The first-order chi connectivity index (χ1) is 9.99. The van der Waals surface area contributed by atoms with Gasteiger partial charge in [-0.05, 0) is 30.5 Å². The molecule has 2 rings (SSSR count). The van der Waals surface area contributed by atoms with E-state index in [0.717, 1.165) is 5.56 Å². The van der Waals surface area contributed by atoms with Crippen LogP contribution in [0.3, 0.4) is 0 Å². The highest BCUT2D eigenvalue weighted by Crippen LogP contribution is 2.26. The van der Waals surface area contributed by atoms with Crippen LogP contribution in [0, 0.1) is 5.92 Å². The predicted molar refractivity (Wildman–Crippen MR) is 79.8 cm³/mol. The quantitative estimate of drug-likeness (QED) is 0.889. The molecule has 2 atom stereocenters. The number of H-pyrrole nitrogens is 1. The molecular formula is C14H18ClN5O. The van der Waals surface area contributed by atoms with Gasteiger partial charge < -0.3 is 5.32 Å². The zero-order valence-electron chi connectivity index (χ0n) is 12.2. The van der Waals surface area contributed by atoms with Crippen molar-refractivity contribution in [2.45, 2.75) is 32.7 Å². The molecule has 0 fully saturated rings. The molecule has 7 heteroatoms. The molecule has 0 radical (unpaired) electrons. The SMILES string of the molecule is CC(NC(=O)C(c1ccc(Cl)cc1)C(C)C)c1nn[nH]n1. The van der Waals surface area contributed by atoms with Gasteiger partial charge in [0, 0.05) is 5.02 Å². The van der Waals surface area contributed by atoms with Gasteiger partial charge in [0.2, 0.25) is 5.91 Å². The van der Waals surface area contributed by atoms with E-state index in [4.69, 9.17) is 11.6 Å². The summed E-state index contributed by atoms with van der Waals surface area (Å²) in [6.45, 7) is 5.84. The lowest BCUT2D eigenvalue weighted by Crippen LogP contribution is -2.34. The van der Waals surface area contributed by atoms with Gasteiger partial charge in [0.1, 0.15) is 0 Å². The Morgan fingerprint density at radius 1 is 1.24 bits per heavy atom. The lowest BCUT2D eigenvalue weighted by molar-refractivity contribution is -0.124. The second-order valence-corrected chi connectivity index (χ2v) is 5.71. The molecule has 0 aliphatic heterocycles. The maximum Gasteiger partial charge on any atom is 0.228 e. The van der Waals surface area contributed by atoms with Crippen LogP contribution in [0.2, 0.25) is 5.02 Å². The number of carbonyl (C=O) groups excluding carboxylic acids is 1. The van der Waals surface area contributed by atoms with Crippen molar-refractivity contribution in [2.75, 3.05) is 0 Å². The standard InChI is InChI=1S/C14H18ClN5O/c1-8(2)12(10-4-6-11(15)7-5-10)14(21)16-9(3)13-17-19-20-18-13/h4-9,12H,1-3H3,(H,16,21)(H,17,18,19,20). The molecule has 1 aromatic heterocycles. The van der Waals surface area contributed by atoms with Crippen LogP contribution in [0.1, 0.15) is 44.1 Å². The van der Waals surface area contributed by atoms with Crippen molar-refractivity contribution in [3.8, 4) is 0 Å². The minimum Gasteiger partial charge on any atom is -0.346 e. The highest BCUT2D eigenvalue weighted by atomic mass is 35.5. The Morgan fingerprint density at radius 3 is 2.43 bits per heavy atom. The van der Waals surface area contributed by atoms with Crippen molar-refractivity contribution < 1.29 is 4.79 Å². The van der Waals surface area contributed by atoms with Crippen LogP contribution >= 0.6 is 11.6 Å². The molecule has 2 N–H and O–H groups in total. The Balaban J connectivity index is 2.14. The van der Waals surface area contributed by atoms with Gasteiger partial charge in [-0.1, -0.05) is 42.8 Å². The van der Waals surface area contributed by atoms with Gasteiger partial charge >= 0.3 is 0 Å². The third kappa shape index (κ3) is 3.78. The van der Waals surface area contributed by atoms with Crippen LogP contribution in [0.4, 0.5) is 0 Å². The van der Waals surface area contributed by atoms with E-state index in [2.05, 4.69) is 25.9 Å². The number of tetrazole rings is 1. The minimum atomic E-state index is -0.301. The number of amides is 1. The number of carbonyl (C=O) groups is 1. The molecule has 1 aromatic carbocycles. The van der Waals surface area contributed by atoms with E-state index in [-0.39, 0.29) is 23.8 Å². The first-order valence-electron chi connectivity index (χ1n) is 6.78. The van der Waals surface area contributed by atoms with Gasteiger partial charge in [-0.25, -0.2) is 0 Å². The number of halogens is 1. The third-order valence-corrected chi connectivity index (χ3v) is 3.54. The Bertz CT molecular complexity index is 582. The molecule has 2 aromatic rings. The molecule has 0 saturated heterocycles. The zero-order chi connectivity index (χ0) is 15.4. The molecule has 0 aliphatic carbocycles. The molecule has 0 saturated carbocycles. The normalized spacial score (nSPS) is 14.0. The molecule has 1 heterocycles. The Kier molecular flexibility index (Phi) is 4.90. The molecule has 2 unspecified atom stereocenters. The fourth-order valence-corrected chi connectivity index (χ4v) is 2.36. The number of benzene rings is 1. The Morgan fingerprint density at radius 2 is 1.90 bits per heavy atom. The van der Waals surface area contributed by atoms with E-state index in [1.165, 1.54) is 0 Å². The lowest BCUT2D eigenvalue weighted by Gasteiger charge is -2.22. The molecular weight excluding hydrogens is 290 g/mol.